The van der Waals surface area contributed by atoms with Crippen LogP contribution in [0.5, 0.6) is 0 Å². The third-order valence-electron chi connectivity index (χ3n) is 4.88. The SMILES string of the molecule is CN(C)c1c(Cl)cccc1NC(=O)CCc1ccc(S(=O)(=O)N2CCOCC2)cc1. The number of hydrogen-bond donors (Lipinski definition) is 1. The lowest BCUT2D eigenvalue weighted by atomic mass is 10.1. The molecule has 0 aliphatic carbocycles. The van der Waals surface area contributed by atoms with Crippen LogP contribution in [0.4, 0.5) is 11.4 Å². The molecule has 0 aromatic heterocycles. The van der Waals surface area contributed by atoms with Crippen LogP contribution in [0.3, 0.4) is 0 Å². The van der Waals surface area contributed by atoms with E-state index < -0.39 is 10.0 Å². The van der Waals surface area contributed by atoms with Crippen molar-refractivity contribution in [2.45, 2.75) is 17.7 Å². The lowest BCUT2D eigenvalue weighted by Crippen LogP contribution is -2.40. The number of morpholine rings is 1. The first kappa shape index (κ1) is 22.6. The van der Waals surface area contributed by atoms with Crippen molar-refractivity contribution in [3.05, 3.63) is 53.1 Å². The van der Waals surface area contributed by atoms with Gasteiger partial charge in [-0.25, -0.2) is 8.42 Å². The Morgan fingerprint density at radius 2 is 1.80 bits per heavy atom. The van der Waals surface area contributed by atoms with Crippen LogP contribution in [0, 0.1) is 0 Å². The maximum atomic E-state index is 12.7. The summed E-state index contributed by atoms with van der Waals surface area (Å²) in [5, 5.41) is 3.47. The van der Waals surface area contributed by atoms with Crippen LogP contribution in [0.15, 0.2) is 47.4 Å². The molecule has 3 rings (SSSR count). The zero-order chi connectivity index (χ0) is 21.7. The number of halogens is 1. The van der Waals surface area contributed by atoms with Gasteiger partial charge >= 0.3 is 0 Å². The largest absolute Gasteiger partial charge is 0.379 e. The summed E-state index contributed by atoms with van der Waals surface area (Å²) in [5.41, 5.74) is 2.31. The van der Waals surface area contributed by atoms with Crippen LogP contribution < -0.4 is 10.2 Å². The highest BCUT2D eigenvalue weighted by molar-refractivity contribution is 7.89. The van der Waals surface area contributed by atoms with Crippen molar-refractivity contribution < 1.29 is 17.9 Å². The molecular weight excluding hydrogens is 426 g/mol. The molecule has 0 spiro atoms. The summed E-state index contributed by atoms with van der Waals surface area (Å²) in [6.45, 7) is 1.55. The smallest absolute Gasteiger partial charge is 0.243 e. The molecule has 1 aliphatic heterocycles. The molecule has 0 saturated carbocycles. The quantitative estimate of drug-likeness (QED) is 0.700. The second-order valence-corrected chi connectivity index (χ2v) is 9.58. The number of ether oxygens (including phenoxy) is 1. The second-order valence-electron chi connectivity index (χ2n) is 7.24. The third-order valence-corrected chi connectivity index (χ3v) is 7.10. The Bertz CT molecular complexity index is 988. The van der Waals surface area contributed by atoms with Gasteiger partial charge in [-0.05, 0) is 36.2 Å². The zero-order valence-electron chi connectivity index (χ0n) is 17.1. The van der Waals surface area contributed by atoms with Crippen molar-refractivity contribution >= 4 is 38.9 Å². The summed E-state index contributed by atoms with van der Waals surface area (Å²) in [7, 11) is 0.218. The molecule has 30 heavy (non-hydrogen) atoms. The lowest BCUT2D eigenvalue weighted by Gasteiger charge is -2.26. The summed E-state index contributed by atoms with van der Waals surface area (Å²) < 4.78 is 32.0. The van der Waals surface area contributed by atoms with Crippen molar-refractivity contribution in [3.63, 3.8) is 0 Å². The third kappa shape index (κ3) is 5.31. The zero-order valence-corrected chi connectivity index (χ0v) is 18.7. The Labute approximate surface area is 182 Å². The van der Waals surface area contributed by atoms with Gasteiger partial charge in [-0.15, -0.1) is 0 Å². The van der Waals surface area contributed by atoms with E-state index in [0.29, 0.717) is 43.4 Å². The first-order valence-corrected chi connectivity index (χ1v) is 11.5. The molecule has 1 amide bonds. The molecule has 0 unspecified atom stereocenters. The molecule has 1 saturated heterocycles. The number of carbonyl (C=O) groups is 1. The number of para-hydroxylation sites is 1. The lowest BCUT2D eigenvalue weighted by molar-refractivity contribution is -0.116. The van der Waals surface area contributed by atoms with Crippen molar-refractivity contribution in [3.8, 4) is 0 Å². The molecule has 1 aliphatic rings. The Hall–Kier alpha value is -2.13. The van der Waals surface area contributed by atoms with E-state index in [0.717, 1.165) is 11.3 Å². The van der Waals surface area contributed by atoms with Crippen LogP contribution in [0.1, 0.15) is 12.0 Å². The number of amides is 1. The molecular formula is C21H26ClN3O4S. The molecule has 162 valence electrons. The predicted molar refractivity (Wildman–Crippen MR) is 119 cm³/mol. The fourth-order valence-corrected chi connectivity index (χ4v) is 5.06. The second kappa shape index (κ2) is 9.78. The molecule has 1 heterocycles. The number of benzene rings is 2. The number of nitrogens with one attached hydrogen (secondary N) is 1. The van der Waals surface area contributed by atoms with E-state index in [4.69, 9.17) is 16.3 Å². The van der Waals surface area contributed by atoms with Gasteiger partial charge in [-0.3, -0.25) is 4.79 Å². The van der Waals surface area contributed by atoms with Crippen molar-refractivity contribution in [2.24, 2.45) is 0 Å². The van der Waals surface area contributed by atoms with Crippen molar-refractivity contribution in [1.82, 2.24) is 4.31 Å². The van der Waals surface area contributed by atoms with Crippen LogP contribution in [-0.4, -0.2) is 59.0 Å². The van der Waals surface area contributed by atoms with Crippen molar-refractivity contribution in [1.29, 1.82) is 0 Å². The number of aryl methyl sites for hydroxylation is 1. The summed E-state index contributed by atoms with van der Waals surface area (Å²) in [4.78, 5) is 14.5. The van der Waals surface area contributed by atoms with E-state index in [-0.39, 0.29) is 17.2 Å². The Balaban J connectivity index is 1.60. The molecule has 0 atom stereocenters. The maximum absolute atomic E-state index is 12.7. The molecule has 2 aromatic carbocycles. The van der Waals surface area contributed by atoms with Gasteiger partial charge in [-0.1, -0.05) is 29.8 Å². The minimum Gasteiger partial charge on any atom is -0.379 e. The van der Waals surface area contributed by atoms with Gasteiger partial charge in [0.2, 0.25) is 15.9 Å². The highest BCUT2D eigenvalue weighted by Crippen LogP contribution is 2.32. The molecule has 1 fully saturated rings. The van der Waals surface area contributed by atoms with E-state index in [1.54, 1.807) is 36.4 Å². The van der Waals surface area contributed by atoms with Crippen LogP contribution in [0.25, 0.3) is 0 Å². The highest BCUT2D eigenvalue weighted by atomic mass is 35.5. The van der Waals surface area contributed by atoms with Gasteiger partial charge in [0.15, 0.2) is 0 Å². The van der Waals surface area contributed by atoms with E-state index in [9.17, 15) is 13.2 Å². The first-order chi connectivity index (χ1) is 14.3. The number of carbonyl (C=O) groups excluding carboxylic acids is 1. The highest BCUT2D eigenvalue weighted by Gasteiger charge is 2.26. The van der Waals surface area contributed by atoms with E-state index in [2.05, 4.69) is 5.32 Å². The first-order valence-electron chi connectivity index (χ1n) is 9.71. The molecule has 0 radical (unpaired) electrons. The number of sulfonamides is 1. The molecule has 2 aromatic rings. The number of nitrogens with zero attached hydrogens (tertiary/aromatic N) is 2. The van der Waals surface area contributed by atoms with E-state index >= 15 is 0 Å². The van der Waals surface area contributed by atoms with Gasteiger partial charge in [0.05, 0.1) is 34.5 Å². The molecule has 1 N–H and O–H groups in total. The van der Waals surface area contributed by atoms with Gasteiger partial charge in [-0.2, -0.15) is 4.31 Å². The van der Waals surface area contributed by atoms with Crippen LogP contribution >= 0.6 is 11.6 Å². The number of anilines is 2. The Morgan fingerprint density at radius 1 is 1.13 bits per heavy atom. The van der Waals surface area contributed by atoms with Crippen molar-refractivity contribution in [2.75, 3.05) is 50.6 Å². The monoisotopic (exact) mass is 451 g/mol. The molecule has 9 heteroatoms. The summed E-state index contributed by atoms with van der Waals surface area (Å²) >= 11 is 6.24. The van der Waals surface area contributed by atoms with Crippen LogP contribution in [-0.2, 0) is 26.0 Å². The number of hydrogen-bond acceptors (Lipinski definition) is 5. The summed E-state index contributed by atoms with van der Waals surface area (Å²) in [6, 6.07) is 12.1. The summed E-state index contributed by atoms with van der Waals surface area (Å²) in [6.07, 6.45) is 0.774. The standard InChI is InChI=1S/C21H26ClN3O4S/c1-24(2)21-18(22)4-3-5-19(21)23-20(26)11-8-16-6-9-17(10-7-16)30(27,28)25-12-14-29-15-13-25/h3-7,9-10H,8,11-15H2,1-2H3,(H,23,26). The number of rotatable bonds is 7. The fraction of sp³-hybridized carbons (Fsp3) is 0.381. The average molecular weight is 452 g/mol. The van der Waals surface area contributed by atoms with Crippen LogP contribution in [0.2, 0.25) is 5.02 Å². The maximum Gasteiger partial charge on any atom is 0.243 e. The summed E-state index contributed by atoms with van der Waals surface area (Å²) in [5.74, 6) is -0.134. The Kier molecular flexibility index (Phi) is 7.36. The topological polar surface area (TPSA) is 79.0 Å². The van der Waals surface area contributed by atoms with Gasteiger partial charge < -0.3 is 15.0 Å². The minimum absolute atomic E-state index is 0.134. The predicted octanol–water partition coefficient (Wildman–Crippen LogP) is 3.00. The van der Waals surface area contributed by atoms with Gasteiger partial charge in [0.1, 0.15) is 0 Å². The molecule has 0 bridgehead atoms. The average Bonchev–Trinajstić information content (AvgIpc) is 2.73. The normalized spacial score (nSPS) is 15.0. The minimum atomic E-state index is -3.51. The molecule has 7 nitrogen and oxygen atoms in total. The van der Waals surface area contributed by atoms with Gasteiger partial charge in [0.25, 0.3) is 0 Å². The fourth-order valence-electron chi connectivity index (χ4n) is 3.31. The Morgan fingerprint density at radius 3 is 2.43 bits per heavy atom. The van der Waals surface area contributed by atoms with Gasteiger partial charge in [0, 0.05) is 33.6 Å². The van der Waals surface area contributed by atoms with E-state index in [1.807, 2.05) is 25.1 Å². The van der Waals surface area contributed by atoms with E-state index in [1.165, 1.54) is 4.31 Å².